The van der Waals surface area contributed by atoms with Gasteiger partial charge in [0.05, 0.1) is 0 Å². The Morgan fingerprint density at radius 2 is 1.53 bits per heavy atom. The van der Waals surface area contributed by atoms with Crippen molar-refractivity contribution >= 4 is 6.29 Å². The molecular weight excluding hydrogens is 260 g/mol. The monoisotopic (exact) mass is 274 g/mol. The van der Waals surface area contributed by atoms with Gasteiger partial charge in [0.2, 0.25) is 0 Å². The fourth-order valence-electron chi connectivity index (χ4n) is 2.63. The highest BCUT2D eigenvalue weighted by Gasteiger charge is 2.57. The van der Waals surface area contributed by atoms with E-state index in [2.05, 4.69) is 0 Å². The van der Waals surface area contributed by atoms with Crippen LogP contribution in [-0.2, 0) is 11.2 Å². The predicted octanol–water partition coefficient (Wildman–Crippen LogP) is 3.57. The lowest BCUT2D eigenvalue weighted by atomic mass is 10.00. The van der Waals surface area contributed by atoms with E-state index in [1.807, 2.05) is 0 Å². The van der Waals surface area contributed by atoms with Gasteiger partial charge in [-0.1, -0.05) is 13.8 Å². The van der Waals surface area contributed by atoms with Crippen molar-refractivity contribution < 1.29 is 22.4 Å². The fraction of sp³-hybridized carbons (Fsp3) is 0.500. The zero-order valence-corrected chi connectivity index (χ0v) is 10.9. The lowest BCUT2D eigenvalue weighted by Gasteiger charge is -2.10. The molecule has 1 aromatic carbocycles. The molecule has 0 radical (unpaired) electrons. The second-order valence-electron chi connectivity index (χ2n) is 5.65. The Hall–Kier alpha value is -1.39. The van der Waals surface area contributed by atoms with Crippen LogP contribution in [0.5, 0.6) is 0 Å². The smallest absolute Gasteiger partial charge is 0.165 e. The van der Waals surface area contributed by atoms with Crippen molar-refractivity contribution in [3.05, 3.63) is 34.4 Å². The van der Waals surface area contributed by atoms with E-state index >= 15 is 0 Å². The second-order valence-corrected chi connectivity index (χ2v) is 5.65. The molecule has 1 nitrogen and oxygen atoms in total. The summed E-state index contributed by atoms with van der Waals surface area (Å²) in [4.78, 5) is 10.8. The SMILES string of the molecule is Cc1c(F)c(F)c(CC2C(C=O)C2(C)C)c(F)c1F. The van der Waals surface area contributed by atoms with Gasteiger partial charge < -0.3 is 4.79 Å². The van der Waals surface area contributed by atoms with Crippen LogP contribution in [-0.4, -0.2) is 6.29 Å². The number of hydrogen-bond acceptors (Lipinski definition) is 1. The van der Waals surface area contributed by atoms with Crippen molar-refractivity contribution in [2.45, 2.75) is 27.2 Å². The highest BCUT2D eigenvalue weighted by atomic mass is 19.2. The minimum atomic E-state index is -1.37. The number of carbonyl (C=O) groups is 1. The average molecular weight is 274 g/mol. The van der Waals surface area contributed by atoms with Gasteiger partial charge in [-0.25, -0.2) is 17.6 Å². The molecule has 5 heteroatoms. The standard InChI is InChI=1S/C14H14F4O/c1-6-10(15)12(17)7(13(18)11(6)16)4-8-9(5-19)14(8,2)3/h5,8-9H,4H2,1-3H3. The number of carbonyl (C=O) groups excluding carboxylic acids is 1. The Labute approximate surface area is 108 Å². The van der Waals surface area contributed by atoms with Gasteiger partial charge in [-0.3, -0.25) is 0 Å². The van der Waals surface area contributed by atoms with Crippen LogP contribution >= 0.6 is 0 Å². The van der Waals surface area contributed by atoms with Gasteiger partial charge in [0.25, 0.3) is 0 Å². The fourth-order valence-corrected chi connectivity index (χ4v) is 2.63. The molecule has 0 saturated heterocycles. The van der Waals surface area contributed by atoms with Crippen LogP contribution in [0.4, 0.5) is 17.6 Å². The maximum Gasteiger partial charge on any atom is 0.165 e. The Bertz CT molecular complexity index is 522. The highest BCUT2D eigenvalue weighted by Crippen LogP contribution is 2.58. The van der Waals surface area contributed by atoms with Crippen molar-refractivity contribution in [1.82, 2.24) is 0 Å². The molecule has 0 aliphatic heterocycles. The van der Waals surface area contributed by atoms with Crippen LogP contribution in [0.2, 0.25) is 0 Å². The molecule has 1 aliphatic rings. The number of rotatable bonds is 3. The molecule has 1 aliphatic carbocycles. The van der Waals surface area contributed by atoms with Gasteiger partial charge in [-0.15, -0.1) is 0 Å². The lowest BCUT2D eigenvalue weighted by molar-refractivity contribution is -0.109. The molecule has 2 unspecified atom stereocenters. The first-order chi connectivity index (χ1) is 8.73. The van der Waals surface area contributed by atoms with Gasteiger partial charge in [0, 0.05) is 17.0 Å². The molecular formula is C14H14F4O. The molecule has 1 aromatic rings. The number of hydrogen-bond donors (Lipinski definition) is 0. The second kappa shape index (κ2) is 4.32. The minimum Gasteiger partial charge on any atom is -0.303 e. The Kier molecular flexibility index (Phi) is 3.19. The topological polar surface area (TPSA) is 17.1 Å². The molecule has 0 aromatic heterocycles. The first kappa shape index (κ1) is 14.0. The zero-order chi connectivity index (χ0) is 14.5. The largest absolute Gasteiger partial charge is 0.303 e. The summed E-state index contributed by atoms with van der Waals surface area (Å²) in [6, 6.07) is 0. The van der Waals surface area contributed by atoms with E-state index in [4.69, 9.17) is 0 Å². The van der Waals surface area contributed by atoms with Crippen LogP contribution in [0.15, 0.2) is 0 Å². The van der Waals surface area contributed by atoms with E-state index in [1.54, 1.807) is 13.8 Å². The van der Waals surface area contributed by atoms with Gasteiger partial charge in [-0.05, 0) is 24.7 Å². The molecule has 0 heterocycles. The molecule has 0 spiro atoms. The summed E-state index contributed by atoms with van der Waals surface area (Å²) in [6.45, 7) is 4.55. The average Bonchev–Trinajstić information content (AvgIpc) is 2.90. The molecule has 1 saturated carbocycles. The summed E-state index contributed by atoms with van der Waals surface area (Å²) < 4.78 is 54.3. The van der Waals surface area contributed by atoms with Crippen molar-refractivity contribution in [2.24, 2.45) is 17.3 Å². The van der Waals surface area contributed by atoms with Crippen LogP contribution in [0, 0.1) is 47.4 Å². The van der Waals surface area contributed by atoms with Crippen LogP contribution in [0.25, 0.3) is 0 Å². The van der Waals surface area contributed by atoms with Crippen molar-refractivity contribution in [2.75, 3.05) is 0 Å². The van der Waals surface area contributed by atoms with Crippen molar-refractivity contribution in [1.29, 1.82) is 0 Å². The van der Waals surface area contributed by atoms with E-state index in [-0.39, 0.29) is 18.3 Å². The normalized spacial score (nSPS) is 24.4. The molecule has 104 valence electrons. The minimum absolute atomic E-state index is 0.178. The Morgan fingerprint density at radius 1 is 1.05 bits per heavy atom. The van der Waals surface area contributed by atoms with Gasteiger partial charge >= 0.3 is 0 Å². The summed E-state index contributed by atoms with van der Waals surface area (Å²) in [5, 5.41) is 0. The van der Waals surface area contributed by atoms with E-state index in [0.717, 1.165) is 13.2 Å². The van der Waals surface area contributed by atoms with E-state index in [0.29, 0.717) is 0 Å². The number of aldehydes is 1. The third kappa shape index (κ3) is 1.95. The summed E-state index contributed by atoms with van der Waals surface area (Å²) in [5.41, 5.74) is -1.66. The maximum atomic E-state index is 13.7. The van der Waals surface area contributed by atoms with Gasteiger partial charge in [0.15, 0.2) is 23.3 Å². The quantitative estimate of drug-likeness (QED) is 0.468. The van der Waals surface area contributed by atoms with Crippen LogP contribution < -0.4 is 0 Å². The zero-order valence-electron chi connectivity index (χ0n) is 10.9. The first-order valence-corrected chi connectivity index (χ1v) is 6.00. The molecule has 0 amide bonds. The van der Waals surface area contributed by atoms with Crippen molar-refractivity contribution in [3.63, 3.8) is 0 Å². The number of halogens is 4. The Balaban J connectivity index is 2.40. The lowest BCUT2D eigenvalue weighted by Crippen LogP contribution is -2.08. The molecule has 0 bridgehead atoms. The molecule has 1 fully saturated rings. The summed E-state index contributed by atoms with van der Waals surface area (Å²) in [6.07, 6.45) is 0.545. The summed E-state index contributed by atoms with van der Waals surface area (Å²) in [7, 11) is 0. The molecule has 0 N–H and O–H groups in total. The van der Waals surface area contributed by atoms with Crippen LogP contribution in [0.1, 0.15) is 25.0 Å². The summed E-state index contributed by atoms with van der Waals surface area (Å²) >= 11 is 0. The van der Waals surface area contributed by atoms with Gasteiger partial charge in [-0.2, -0.15) is 0 Å². The Morgan fingerprint density at radius 3 is 1.89 bits per heavy atom. The predicted molar refractivity (Wildman–Crippen MR) is 61.5 cm³/mol. The summed E-state index contributed by atoms with van der Waals surface area (Å²) in [5.74, 6) is -6.08. The van der Waals surface area contributed by atoms with Crippen molar-refractivity contribution in [3.8, 4) is 0 Å². The van der Waals surface area contributed by atoms with Gasteiger partial charge in [0.1, 0.15) is 6.29 Å². The third-order valence-corrected chi connectivity index (χ3v) is 4.28. The maximum absolute atomic E-state index is 13.7. The number of benzene rings is 1. The molecule has 19 heavy (non-hydrogen) atoms. The first-order valence-electron chi connectivity index (χ1n) is 6.00. The van der Waals surface area contributed by atoms with E-state index < -0.39 is 39.8 Å². The third-order valence-electron chi connectivity index (χ3n) is 4.28. The molecule has 2 atom stereocenters. The highest BCUT2D eigenvalue weighted by molar-refractivity contribution is 5.61. The van der Waals surface area contributed by atoms with E-state index in [9.17, 15) is 22.4 Å². The van der Waals surface area contributed by atoms with Crippen LogP contribution in [0.3, 0.4) is 0 Å². The molecule has 2 rings (SSSR count). The van der Waals surface area contributed by atoms with E-state index in [1.165, 1.54) is 0 Å².